The van der Waals surface area contributed by atoms with Gasteiger partial charge in [-0.25, -0.2) is 0 Å². The number of hydrogen-bond acceptors (Lipinski definition) is 5. The van der Waals surface area contributed by atoms with E-state index in [1.165, 1.54) is 5.56 Å². The number of nitrogens with one attached hydrogen (secondary N) is 2. The SMILES string of the molecule is CN=C(NCCc1ccc2c(c1)OCO2)NCc1ccc(OC)c(OC)c1. The zero-order valence-electron chi connectivity index (χ0n) is 15.9. The maximum Gasteiger partial charge on any atom is 0.231 e. The normalized spacial score (nSPS) is 12.6. The first-order valence-electron chi connectivity index (χ1n) is 8.77. The topological polar surface area (TPSA) is 73.3 Å². The van der Waals surface area contributed by atoms with E-state index in [0.717, 1.165) is 36.0 Å². The molecule has 3 rings (SSSR count). The molecule has 2 N–H and O–H groups in total. The summed E-state index contributed by atoms with van der Waals surface area (Å²) in [5.41, 5.74) is 2.26. The molecule has 27 heavy (non-hydrogen) atoms. The van der Waals surface area contributed by atoms with Gasteiger partial charge in [0.15, 0.2) is 29.0 Å². The smallest absolute Gasteiger partial charge is 0.231 e. The zero-order chi connectivity index (χ0) is 19.1. The van der Waals surface area contributed by atoms with Crippen LogP contribution in [0.3, 0.4) is 0 Å². The van der Waals surface area contributed by atoms with E-state index in [2.05, 4.69) is 21.7 Å². The Labute approximate surface area is 159 Å². The summed E-state index contributed by atoms with van der Waals surface area (Å²) < 4.78 is 21.3. The van der Waals surface area contributed by atoms with Crippen LogP contribution >= 0.6 is 0 Å². The highest BCUT2D eigenvalue weighted by Crippen LogP contribution is 2.32. The van der Waals surface area contributed by atoms with Crippen molar-refractivity contribution >= 4 is 5.96 Å². The van der Waals surface area contributed by atoms with Gasteiger partial charge in [0.2, 0.25) is 6.79 Å². The van der Waals surface area contributed by atoms with Crippen LogP contribution in [0.4, 0.5) is 0 Å². The third-order valence-electron chi connectivity index (χ3n) is 4.27. The van der Waals surface area contributed by atoms with Crippen molar-refractivity contribution in [3.05, 3.63) is 47.5 Å². The highest BCUT2D eigenvalue weighted by Gasteiger charge is 2.13. The van der Waals surface area contributed by atoms with Crippen LogP contribution in [0.1, 0.15) is 11.1 Å². The van der Waals surface area contributed by atoms with Crippen molar-refractivity contribution in [1.29, 1.82) is 0 Å². The fourth-order valence-corrected chi connectivity index (χ4v) is 2.82. The van der Waals surface area contributed by atoms with E-state index in [-0.39, 0.29) is 0 Å². The van der Waals surface area contributed by atoms with Gasteiger partial charge in [-0.3, -0.25) is 4.99 Å². The van der Waals surface area contributed by atoms with Gasteiger partial charge in [-0.15, -0.1) is 0 Å². The van der Waals surface area contributed by atoms with E-state index < -0.39 is 0 Å². The molecule has 0 amide bonds. The molecule has 0 fully saturated rings. The summed E-state index contributed by atoms with van der Waals surface area (Å²) in [6, 6.07) is 11.9. The molecule has 0 radical (unpaired) electrons. The molecule has 1 heterocycles. The minimum Gasteiger partial charge on any atom is -0.493 e. The molecule has 0 saturated heterocycles. The minimum atomic E-state index is 0.295. The van der Waals surface area contributed by atoms with Crippen LogP contribution in [0.2, 0.25) is 0 Å². The summed E-state index contributed by atoms with van der Waals surface area (Å²) in [4.78, 5) is 4.26. The summed E-state index contributed by atoms with van der Waals surface area (Å²) in [5, 5.41) is 6.62. The number of guanidine groups is 1. The lowest BCUT2D eigenvalue weighted by molar-refractivity contribution is 0.174. The molecular weight excluding hydrogens is 346 g/mol. The van der Waals surface area contributed by atoms with Gasteiger partial charge in [0, 0.05) is 20.1 Å². The van der Waals surface area contributed by atoms with Crippen LogP contribution in [0.5, 0.6) is 23.0 Å². The number of aliphatic imine (C=N–C) groups is 1. The fraction of sp³-hybridized carbons (Fsp3) is 0.350. The van der Waals surface area contributed by atoms with Gasteiger partial charge in [-0.05, 0) is 41.8 Å². The second kappa shape index (κ2) is 9.02. The Morgan fingerprint density at radius 2 is 1.74 bits per heavy atom. The van der Waals surface area contributed by atoms with Crippen molar-refractivity contribution < 1.29 is 18.9 Å². The van der Waals surface area contributed by atoms with Gasteiger partial charge in [0.25, 0.3) is 0 Å². The molecule has 1 aliphatic rings. The van der Waals surface area contributed by atoms with Crippen molar-refractivity contribution in [1.82, 2.24) is 10.6 Å². The van der Waals surface area contributed by atoms with Gasteiger partial charge in [-0.2, -0.15) is 0 Å². The maximum atomic E-state index is 5.41. The first kappa shape index (κ1) is 18.7. The Kier molecular flexibility index (Phi) is 6.25. The van der Waals surface area contributed by atoms with Crippen molar-refractivity contribution in [2.24, 2.45) is 4.99 Å². The van der Waals surface area contributed by atoms with E-state index in [9.17, 15) is 0 Å². The molecule has 7 nitrogen and oxygen atoms in total. The Bertz CT molecular complexity index is 808. The Morgan fingerprint density at radius 3 is 2.52 bits per heavy atom. The molecule has 1 aliphatic heterocycles. The predicted molar refractivity (Wildman–Crippen MR) is 104 cm³/mol. The van der Waals surface area contributed by atoms with Crippen LogP contribution in [0.25, 0.3) is 0 Å². The van der Waals surface area contributed by atoms with E-state index in [1.54, 1.807) is 21.3 Å². The monoisotopic (exact) mass is 371 g/mol. The van der Waals surface area contributed by atoms with Gasteiger partial charge < -0.3 is 29.6 Å². The zero-order valence-corrected chi connectivity index (χ0v) is 15.9. The summed E-state index contributed by atoms with van der Waals surface area (Å²) in [5.74, 6) is 3.78. The standard InChI is InChI=1S/C20H25N3O4/c1-21-20(23-12-15-5-6-16(24-2)18(11-15)25-3)22-9-8-14-4-7-17-19(10-14)27-13-26-17/h4-7,10-11H,8-9,12-13H2,1-3H3,(H2,21,22,23). The van der Waals surface area contributed by atoms with Crippen LogP contribution < -0.4 is 29.6 Å². The largest absolute Gasteiger partial charge is 0.493 e. The Hall–Kier alpha value is -3.09. The van der Waals surface area contributed by atoms with E-state index in [4.69, 9.17) is 18.9 Å². The summed E-state index contributed by atoms with van der Waals surface area (Å²) >= 11 is 0. The molecule has 144 valence electrons. The predicted octanol–water partition coefficient (Wildman–Crippen LogP) is 2.34. The molecule has 7 heteroatoms. The van der Waals surface area contributed by atoms with Crippen LogP contribution in [0, 0.1) is 0 Å². The molecule has 0 aliphatic carbocycles. The lowest BCUT2D eigenvalue weighted by atomic mass is 10.1. The van der Waals surface area contributed by atoms with Crippen molar-refractivity contribution in [3.8, 4) is 23.0 Å². The third-order valence-corrected chi connectivity index (χ3v) is 4.27. The lowest BCUT2D eigenvalue weighted by Gasteiger charge is -2.13. The number of fused-ring (bicyclic) bond motifs is 1. The van der Waals surface area contributed by atoms with E-state index in [0.29, 0.717) is 24.8 Å². The summed E-state index contributed by atoms with van der Waals surface area (Å²) in [6.45, 7) is 1.68. The number of ether oxygens (including phenoxy) is 4. The third kappa shape index (κ3) is 4.75. The van der Waals surface area contributed by atoms with Gasteiger partial charge in [0.1, 0.15) is 0 Å². The van der Waals surface area contributed by atoms with E-state index in [1.807, 2.05) is 30.3 Å². The molecule has 2 aromatic rings. The number of nitrogens with zero attached hydrogens (tertiary/aromatic N) is 1. The highest BCUT2D eigenvalue weighted by molar-refractivity contribution is 5.79. The molecule has 0 saturated carbocycles. The van der Waals surface area contributed by atoms with E-state index >= 15 is 0 Å². The Morgan fingerprint density at radius 1 is 0.963 bits per heavy atom. The second-order valence-electron chi connectivity index (χ2n) is 5.98. The van der Waals surface area contributed by atoms with Crippen LogP contribution in [-0.4, -0.2) is 40.6 Å². The first-order chi connectivity index (χ1) is 13.2. The molecule has 0 atom stereocenters. The number of hydrogen-bond donors (Lipinski definition) is 2. The maximum absolute atomic E-state index is 5.41. The molecule has 0 spiro atoms. The van der Waals surface area contributed by atoms with Crippen molar-refractivity contribution in [2.45, 2.75) is 13.0 Å². The summed E-state index contributed by atoms with van der Waals surface area (Å²) in [6.07, 6.45) is 0.855. The molecule has 0 bridgehead atoms. The van der Waals surface area contributed by atoms with Gasteiger partial charge in [0.05, 0.1) is 14.2 Å². The first-order valence-corrected chi connectivity index (χ1v) is 8.77. The average molecular weight is 371 g/mol. The van der Waals surface area contributed by atoms with Gasteiger partial charge >= 0.3 is 0 Å². The Balaban J connectivity index is 1.48. The number of methoxy groups -OCH3 is 2. The molecule has 2 aromatic carbocycles. The molecule has 0 unspecified atom stereocenters. The highest BCUT2D eigenvalue weighted by atomic mass is 16.7. The lowest BCUT2D eigenvalue weighted by Crippen LogP contribution is -2.37. The second-order valence-corrected chi connectivity index (χ2v) is 5.98. The average Bonchev–Trinajstić information content (AvgIpc) is 3.18. The number of rotatable bonds is 7. The van der Waals surface area contributed by atoms with Crippen LogP contribution in [0.15, 0.2) is 41.4 Å². The quantitative estimate of drug-likeness (QED) is 0.575. The van der Waals surface area contributed by atoms with Crippen molar-refractivity contribution in [2.75, 3.05) is 34.6 Å². The molecular formula is C20H25N3O4. The fourth-order valence-electron chi connectivity index (χ4n) is 2.82. The number of benzene rings is 2. The summed E-state index contributed by atoms with van der Waals surface area (Å²) in [7, 11) is 5.01. The molecule has 0 aromatic heterocycles. The minimum absolute atomic E-state index is 0.295. The van der Waals surface area contributed by atoms with Gasteiger partial charge in [-0.1, -0.05) is 12.1 Å². The van der Waals surface area contributed by atoms with Crippen LogP contribution in [-0.2, 0) is 13.0 Å². The van der Waals surface area contributed by atoms with Crippen molar-refractivity contribution in [3.63, 3.8) is 0 Å².